The maximum absolute atomic E-state index is 13.0. The average Bonchev–Trinajstić information content (AvgIpc) is 2.62. The molecule has 1 aromatic heterocycles. The van der Waals surface area contributed by atoms with E-state index < -0.39 is 23.5 Å². The molecule has 3 nitrogen and oxygen atoms in total. The van der Waals surface area contributed by atoms with Gasteiger partial charge in [-0.15, -0.1) is 0 Å². The van der Waals surface area contributed by atoms with Crippen LogP contribution in [0.5, 0.6) is 5.75 Å². The minimum absolute atomic E-state index is 0.0597. The van der Waals surface area contributed by atoms with Crippen LogP contribution in [-0.2, 0) is 12.4 Å². The van der Waals surface area contributed by atoms with E-state index in [0.29, 0.717) is 31.7 Å². The SMILES string of the molecule is FC(F)(F)c1ccc(N2CCC(Oc3ccc(Br)c(C(F)(F)F)c3)CC2)nc1. The molecule has 10 heteroatoms. The molecule has 3 rings (SSSR count). The van der Waals surface area contributed by atoms with Crippen LogP contribution >= 0.6 is 15.9 Å². The molecule has 2 aromatic rings. The lowest BCUT2D eigenvalue weighted by molar-refractivity contribution is -0.138. The minimum Gasteiger partial charge on any atom is -0.490 e. The minimum atomic E-state index is -4.49. The topological polar surface area (TPSA) is 25.4 Å². The second kappa shape index (κ2) is 7.81. The number of nitrogens with zero attached hydrogens (tertiary/aromatic N) is 2. The van der Waals surface area contributed by atoms with E-state index in [4.69, 9.17) is 4.74 Å². The molecule has 152 valence electrons. The smallest absolute Gasteiger partial charge is 0.417 e. The van der Waals surface area contributed by atoms with E-state index in [0.717, 1.165) is 18.3 Å². The fourth-order valence-electron chi connectivity index (χ4n) is 2.93. The molecule has 0 atom stereocenters. The Morgan fingerprint density at radius 3 is 2.18 bits per heavy atom. The van der Waals surface area contributed by atoms with E-state index in [-0.39, 0.29) is 16.3 Å². The van der Waals surface area contributed by atoms with Gasteiger partial charge in [-0.05, 0) is 30.3 Å². The number of alkyl halides is 6. The fraction of sp³-hybridized carbons (Fsp3) is 0.389. The summed E-state index contributed by atoms with van der Waals surface area (Å²) in [4.78, 5) is 5.68. The van der Waals surface area contributed by atoms with Crippen LogP contribution in [0.15, 0.2) is 41.0 Å². The Morgan fingerprint density at radius 1 is 0.964 bits per heavy atom. The first-order chi connectivity index (χ1) is 13.0. The molecule has 1 fully saturated rings. The third-order valence-electron chi connectivity index (χ3n) is 4.39. The van der Waals surface area contributed by atoms with Crippen molar-refractivity contribution >= 4 is 21.7 Å². The van der Waals surface area contributed by atoms with Crippen molar-refractivity contribution in [1.82, 2.24) is 4.98 Å². The third-order valence-corrected chi connectivity index (χ3v) is 5.08. The lowest BCUT2D eigenvalue weighted by Gasteiger charge is -2.33. The number of hydrogen-bond donors (Lipinski definition) is 0. The first-order valence-corrected chi connectivity index (χ1v) is 9.15. The van der Waals surface area contributed by atoms with Gasteiger partial charge in [-0.1, -0.05) is 15.9 Å². The number of rotatable bonds is 3. The van der Waals surface area contributed by atoms with Crippen LogP contribution < -0.4 is 9.64 Å². The molecule has 0 spiro atoms. The molecular formula is C18H15BrF6N2O. The van der Waals surface area contributed by atoms with E-state index in [9.17, 15) is 26.3 Å². The predicted octanol–water partition coefficient (Wildman–Crippen LogP) is 5.93. The average molecular weight is 469 g/mol. The van der Waals surface area contributed by atoms with Crippen LogP contribution in [0.1, 0.15) is 24.0 Å². The van der Waals surface area contributed by atoms with Crippen LogP contribution in [0, 0.1) is 0 Å². The summed E-state index contributed by atoms with van der Waals surface area (Å²) in [5.74, 6) is 0.552. The second-order valence-corrected chi connectivity index (χ2v) is 7.20. The Morgan fingerprint density at radius 2 is 1.64 bits per heavy atom. The zero-order valence-corrected chi connectivity index (χ0v) is 15.9. The molecular weight excluding hydrogens is 454 g/mol. The number of benzene rings is 1. The zero-order chi connectivity index (χ0) is 20.5. The summed E-state index contributed by atoms with van der Waals surface area (Å²) in [6.45, 7) is 0.956. The molecule has 0 unspecified atom stereocenters. The van der Waals surface area contributed by atoms with Gasteiger partial charge in [0.1, 0.15) is 17.7 Å². The summed E-state index contributed by atoms with van der Waals surface area (Å²) in [7, 11) is 0. The van der Waals surface area contributed by atoms with Gasteiger partial charge < -0.3 is 9.64 Å². The molecule has 0 amide bonds. The predicted molar refractivity (Wildman–Crippen MR) is 94.2 cm³/mol. The Kier molecular flexibility index (Phi) is 5.79. The Bertz CT molecular complexity index is 814. The summed E-state index contributed by atoms with van der Waals surface area (Å²) in [5.41, 5.74) is -1.62. The second-order valence-electron chi connectivity index (χ2n) is 6.35. The first-order valence-electron chi connectivity index (χ1n) is 8.35. The highest BCUT2D eigenvalue weighted by molar-refractivity contribution is 9.10. The number of piperidine rings is 1. The van der Waals surface area contributed by atoms with Gasteiger partial charge in [0.15, 0.2) is 0 Å². The van der Waals surface area contributed by atoms with Crippen molar-refractivity contribution in [3.8, 4) is 5.75 Å². The van der Waals surface area contributed by atoms with Crippen LogP contribution in [0.3, 0.4) is 0 Å². The van der Waals surface area contributed by atoms with E-state index >= 15 is 0 Å². The lowest BCUT2D eigenvalue weighted by Crippen LogP contribution is -2.38. The Hall–Kier alpha value is -1.97. The van der Waals surface area contributed by atoms with Crippen molar-refractivity contribution < 1.29 is 31.1 Å². The van der Waals surface area contributed by atoms with Crippen LogP contribution in [-0.4, -0.2) is 24.2 Å². The highest BCUT2D eigenvalue weighted by Gasteiger charge is 2.34. The number of hydrogen-bond acceptors (Lipinski definition) is 3. The molecule has 1 aliphatic heterocycles. The van der Waals surface area contributed by atoms with E-state index in [1.165, 1.54) is 18.2 Å². The van der Waals surface area contributed by atoms with Gasteiger partial charge >= 0.3 is 12.4 Å². The molecule has 28 heavy (non-hydrogen) atoms. The van der Waals surface area contributed by atoms with E-state index in [2.05, 4.69) is 20.9 Å². The molecule has 1 aliphatic rings. The van der Waals surface area contributed by atoms with Crippen LogP contribution in [0.25, 0.3) is 0 Å². The third kappa shape index (κ3) is 4.89. The molecule has 0 N–H and O–H groups in total. The normalized spacial score (nSPS) is 16.3. The molecule has 0 saturated carbocycles. The van der Waals surface area contributed by atoms with Crippen molar-refractivity contribution in [2.75, 3.05) is 18.0 Å². The zero-order valence-electron chi connectivity index (χ0n) is 14.3. The van der Waals surface area contributed by atoms with Crippen molar-refractivity contribution in [3.05, 3.63) is 52.1 Å². The summed E-state index contributed by atoms with van der Waals surface area (Å²) in [6, 6.07) is 6.00. The molecule has 0 bridgehead atoms. The monoisotopic (exact) mass is 468 g/mol. The Labute approximate surface area is 165 Å². The number of aromatic nitrogens is 1. The van der Waals surface area contributed by atoms with E-state index in [1.807, 2.05) is 4.90 Å². The van der Waals surface area contributed by atoms with Crippen molar-refractivity contribution in [2.24, 2.45) is 0 Å². The Balaban J connectivity index is 1.60. The highest BCUT2D eigenvalue weighted by Crippen LogP contribution is 2.37. The number of ether oxygens (including phenoxy) is 1. The summed E-state index contributed by atoms with van der Waals surface area (Å²) >= 11 is 2.88. The summed E-state index contributed by atoms with van der Waals surface area (Å²) in [6.07, 6.45) is -7.39. The van der Waals surface area contributed by atoms with Gasteiger partial charge in [0, 0.05) is 36.6 Å². The van der Waals surface area contributed by atoms with Gasteiger partial charge in [-0.2, -0.15) is 26.3 Å². The number of pyridine rings is 1. The molecule has 1 aromatic carbocycles. The quantitative estimate of drug-likeness (QED) is 0.522. The van der Waals surface area contributed by atoms with Gasteiger partial charge in [0.25, 0.3) is 0 Å². The maximum atomic E-state index is 13.0. The van der Waals surface area contributed by atoms with Crippen LogP contribution in [0.4, 0.5) is 32.2 Å². The van der Waals surface area contributed by atoms with Gasteiger partial charge in [-0.3, -0.25) is 0 Å². The van der Waals surface area contributed by atoms with Crippen molar-refractivity contribution in [1.29, 1.82) is 0 Å². The standard InChI is InChI=1S/C18H15BrF6N2O/c19-15-3-2-13(9-14(15)18(23,24)25)28-12-5-7-27(8-6-12)16-4-1-11(10-26-16)17(20,21)22/h1-4,9-10,12H,5-8H2. The number of anilines is 1. The van der Waals surface area contributed by atoms with E-state index in [1.54, 1.807) is 0 Å². The first kappa shape index (κ1) is 20.8. The number of halogens is 7. The summed E-state index contributed by atoms with van der Waals surface area (Å²) < 4.78 is 82.4. The molecule has 0 radical (unpaired) electrons. The van der Waals surface area contributed by atoms with Gasteiger partial charge in [0.2, 0.25) is 0 Å². The summed E-state index contributed by atoms with van der Waals surface area (Å²) in [5, 5.41) is 0. The highest BCUT2D eigenvalue weighted by atomic mass is 79.9. The fourth-order valence-corrected chi connectivity index (χ4v) is 3.40. The molecule has 0 aliphatic carbocycles. The van der Waals surface area contributed by atoms with Crippen molar-refractivity contribution in [3.63, 3.8) is 0 Å². The largest absolute Gasteiger partial charge is 0.490 e. The van der Waals surface area contributed by atoms with Gasteiger partial charge in [0.05, 0.1) is 11.1 Å². The molecule has 2 heterocycles. The lowest BCUT2D eigenvalue weighted by atomic mass is 10.1. The molecule has 1 saturated heterocycles. The maximum Gasteiger partial charge on any atom is 0.417 e. The van der Waals surface area contributed by atoms with Gasteiger partial charge in [-0.25, -0.2) is 4.98 Å². The van der Waals surface area contributed by atoms with Crippen LogP contribution in [0.2, 0.25) is 0 Å². The van der Waals surface area contributed by atoms with Crippen molar-refractivity contribution in [2.45, 2.75) is 31.3 Å².